The summed E-state index contributed by atoms with van der Waals surface area (Å²) in [5.41, 5.74) is 0. The molecule has 15 heavy (non-hydrogen) atoms. The zero-order valence-corrected chi connectivity index (χ0v) is 10.2. The van der Waals surface area contributed by atoms with E-state index in [1.54, 1.807) is 6.08 Å². The molecule has 0 aromatic carbocycles. The molecule has 86 valence electrons. The third-order valence-electron chi connectivity index (χ3n) is 2.51. The van der Waals surface area contributed by atoms with Crippen molar-refractivity contribution in [2.24, 2.45) is 0 Å². The number of hydrogen-bond acceptors (Lipinski definition) is 3. The fourth-order valence-corrected chi connectivity index (χ4v) is 2.77. The van der Waals surface area contributed by atoms with Crippen LogP contribution in [0.5, 0.6) is 0 Å². The number of carbonyl (C=O) groups is 1. The first-order valence-corrected chi connectivity index (χ1v) is 6.53. The van der Waals surface area contributed by atoms with Crippen LogP contribution in [0.1, 0.15) is 13.3 Å². The fourth-order valence-electron chi connectivity index (χ4n) is 1.59. The van der Waals surface area contributed by atoms with Crippen LogP contribution >= 0.6 is 11.8 Å². The van der Waals surface area contributed by atoms with E-state index < -0.39 is 0 Å². The van der Waals surface area contributed by atoms with Crippen molar-refractivity contribution in [3.63, 3.8) is 0 Å². The van der Waals surface area contributed by atoms with Crippen LogP contribution in [-0.2, 0) is 4.79 Å². The number of thioether (sulfide) groups is 1. The quantitative estimate of drug-likeness (QED) is 0.565. The minimum absolute atomic E-state index is 0.218. The van der Waals surface area contributed by atoms with Crippen molar-refractivity contribution >= 4 is 17.7 Å². The second kappa shape index (κ2) is 6.90. The van der Waals surface area contributed by atoms with E-state index in [4.69, 9.17) is 0 Å². The molecule has 0 spiro atoms. The second-order valence-corrected chi connectivity index (χ2v) is 5.07. The van der Waals surface area contributed by atoms with E-state index >= 15 is 0 Å². The molecule has 1 atom stereocenters. The van der Waals surface area contributed by atoms with Crippen molar-refractivity contribution in [3.05, 3.63) is 12.7 Å². The molecule has 0 radical (unpaired) electrons. The van der Waals surface area contributed by atoms with Crippen LogP contribution in [0.15, 0.2) is 12.7 Å². The van der Waals surface area contributed by atoms with Crippen LogP contribution in [0, 0.1) is 0 Å². The van der Waals surface area contributed by atoms with Crippen LogP contribution in [0.2, 0.25) is 0 Å². The van der Waals surface area contributed by atoms with Crippen molar-refractivity contribution in [3.8, 4) is 0 Å². The molecule has 0 bridgehead atoms. The fraction of sp³-hybridized carbons (Fsp3) is 0.727. The summed E-state index contributed by atoms with van der Waals surface area (Å²) in [5.74, 6) is 1.29. The molecule has 1 aliphatic rings. The maximum absolute atomic E-state index is 11.8. The molecule has 1 unspecified atom stereocenters. The van der Waals surface area contributed by atoms with E-state index in [-0.39, 0.29) is 5.91 Å². The lowest BCUT2D eigenvalue weighted by Crippen LogP contribution is -2.45. The van der Waals surface area contributed by atoms with Crippen molar-refractivity contribution in [2.75, 3.05) is 31.9 Å². The lowest BCUT2D eigenvalue weighted by Gasteiger charge is -2.32. The Kier molecular flexibility index (Phi) is 5.79. The van der Waals surface area contributed by atoms with Gasteiger partial charge in [0.05, 0.1) is 6.54 Å². The van der Waals surface area contributed by atoms with Gasteiger partial charge in [-0.15, -0.1) is 6.58 Å². The molecule has 4 heteroatoms. The topological polar surface area (TPSA) is 32.3 Å². The molecular formula is C11H20N2OS. The van der Waals surface area contributed by atoms with Crippen molar-refractivity contribution in [1.29, 1.82) is 0 Å². The monoisotopic (exact) mass is 228 g/mol. The zero-order valence-electron chi connectivity index (χ0n) is 9.37. The summed E-state index contributed by atoms with van der Waals surface area (Å²) < 4.78 is 0. The SMILES string of the molecule is C=CCNCC(=O)N1CCSC(CC)C1. The van der Waals surface area contributed by atoms with Crippen LogP contribution in [-0.4, -0.2) is 48.0 Å². The van der Waals surface area contributed by atoms with Crippen LogP contribution in [0.4, 0.5) is 0 Å². The maximum atomic E-state index is 11.8. The van der Waals surface area contributed by atoms with E-state index in [9.17, 15) is 4.79 Å². The van der Waals surface area contributed by atoms with E-state index in [1.807, 2.05) is 16.7 Å². The number of hydrogen-bond donors (Lipinski definition) is 1. The zero-order chi connectivity index (χ0) is 11.1. The van der Waals surface area contributed by atoms with Gasteiger partial charge in [0.1, 0.15) is 0 Å². The van der Waals surface area contributed by atoms with Crippen LogP contribution < -0.4 is 5.32 Å². The number of nitrogens with zero attached hydrogens (tertiary/aromatic N) is 1. The van der Waals surface area contributed by atoms with Gasteiger partial charge in [-0.2, -0.15) is 11.8 Å². The standard InChI is InChI=1S/C11H20N2OS/c1-3-5-12-8-11(14)13-6-7-15-10(4-2)9-13/h3,10,12H,1,4-9H2,2H3. The molecule has 1 aliphatic heterocycles. The highest BCUT2D eigenvalue weighted by molar-refractivity contribution is 8.00. The van der Waals surface area contributed by atoms with Gasteiger partial charge < -0.3 is 10.2 Å². The van der Waals surface area contributed by atoms with Gasteiger partial charge in [-0.1, -0.05) is 13.0 Å². The summed E-state index contributed by atoms with van der Waals surface area (Å²) in [5, 5.41) is 3.68. The van der Waals surface area contributed by atoms with Gasteiger partial charge in [0, 0.05) is 30.6 Å². The van der Waals surface area contributed by atoms with Gasteiger partial charge in [0.2, 0.25) is 5.91 Å². The van der Waals surface area contributed by atoms with Crippen molar-refractivity contribution in [1.82, 2.24) is 10.2 Å². The Balaban J connectivity index is 2.28. The summed E-state index contributed by atoms with van der Waals surface area (Å²) in [6, 6.07) is 0. The minimum Gasteiger partial charge on any atom is -0.340 e. The molecule has 1 amide bonds. The summed E-state index contributed by atoms with van der Waals surface area (Å²) in [6.45, 7) is 8.74. The summed E-state index contributed by atoms with van der Waals surface area (Å²) in [7, 11) is 0. The van der Waals surface area contributed by atoms with Gasteiger partial charge in [-0.05, 0) is 6.42 Å². The highest BCUT2D eigenvalue weighted by Gasteiger charge is 2.22. The lowest BCUT2D eigenvalue weighted by molar-refractivity contribution is -0.130. The molecule has 0 aromatic heterocycles. The van der Waals surface area contributed by atoms with E-state index in [0.717, 1.165) is 25.3 Å². The molecular weight excluding hydrogens is 208 g/mol. The molecule has 1 saturated heterocycles. The molecule has 0 aromatic rings. The molecule has 1 heterocycles. The van der Waals surface area contributed by atoms with Gasteiger partial charge >= 0.3 is 0 Å². The predicted octanol–water partition coefficient (Wildman–Crippen LogP) is 1.12. The Bertz CT molecular complexity index is 221. The number of amides is 1. The predicted molar refractivity (Wildman–Crippen MR) is 66.2 cm³/mol. The summed E-state index contributed by atoms with van der Waals surface area (Å²) >= 11 is 1.98. The Morgan fingerprint density at radius 2 is 2.53 bits per heavy atom. The first-order valence-electron chi connectivity index (χ1n) is 5.49. The van der Waals surface area contributed by atoms with Gasteiger partial charge in [0.25, 0.3) is 0 Å². The van der Waals surface area contributed by atoms with Crippen LogP contribution in [0.25, 0.3) is 0 Å². The summed E-state index contributed by atoms with van der Waals surface area (Å²) in [6.07, 6.45) is 2.92. The number of nitrogens with one attached hydrogen (secondary N) is 1. The lowest BCUT2D eigenvalue weighted by atomic mass is 10.3. The minimum atomic E-state index is 0.218. The highest BCUT2D eigenvalue weighted by Crippen LogP contribution is 2.20. The molecule has 1 rings (SSSR count). The highest BCUT2D eigenvalue weighted by atomic mass is 32.2. The van der Waals surface area contributed by atoms with Gasteiger partial charge in [-0.25, -0.2) is 0 Å². The van der Waals surface area contributed by atoms with Crippen molar-refractivity contribution < 1.29 is 4.79 Å². The van der Waals surface area contributed by atoms with Crippen LogP contribution in [0.3, 0.4) is 0 Å². The smallest absolute Gasteiger partial charge is 0.236 e. The average molecular weight is 228 g/mol. The first kappa shape index (κ1) is 12.6. The Hall–Kier alpha value is -0.480. The molecule has 1 N–H and O–H groups in total. The third kappa shape index (κ3) is 4.26. The van der Waals surface area contributed by atoms with E-state index in [1.165, 1.54) is 0 Å². The largest absolute Gasteiger partial charge is 0.340 e. The van der Waals surface area contributed by atoms with E-state index in [2.05, 4.69) is 18.8 Å². The normalized spacial score (nSPS) is 21.4. The Labute approximate surface area is 96.3 Å². The van der Waals surface area contributed by atoms with E-state index in [0.29, 0.717) is 18.3 Å². The molecule has 1 fully saturated rings. The molecule has 3 nitrogen and oxygen atoms in total. The first-order chi connectivity index (χ1) is 7.27. The maximum Gasteiger partial charge on any atom is 0.236 e. The van der Waals surface area contributed by atoms with Crippen molar-refractivity contribution in [2.45, 2.75) is 18.6 Å². The molecule has 0 aliphatic carbocycles. The number of rotatable bonds is 5. The summed E-state index contributed by atoms with van der Waals surface area (Å²) in [4.78, 5) is 13.7. The Morgan fingerprint density at radius 3 is 3.20 bits per heavy atom. The second-order valence-electron chi connectivity index (χ2n) is 3.66. The average Bonchev–Trinajstić information content (AvgIpc) is 2.29. The third-order valence-corrected chi connectivity index (χ3v) is 3.88. The van der Waals surface area contributed by atoms with Gasteiger partial charge in [-0.3, -0.25) is 4.79 Å². The number of carbonyl (C=O) groups excluding carboxylic acids is 1. The van der Waals surface area contributed by atoms with Gasteiger partial charge in [0.15, 0.2) is 0 Å². The molecule has 0 saturated carbocycles. The Morgan fingerprint density at radius 1 is 1.73 bits per heavy atom.